The number of phenolic OH excluding ortho intramolecular Hbond substituents is 1. The van der Waals surface area contributed by atoms with Crippen LogP contribution >= 0.6 is 11.3 Å². The van der Waals surface area contributed by atoms with Gasteiger partial charge in [-0.15, -0.1) is 11.3 Å². The molecule has 1 heterocycles. The molecule has 0 atom stereocenters. The van der Waals surface area contributed by atoms with Gasteiger partial charge in [-0.2, -0.15) is 5.26 Å². The number of hydrogen-bond donors (Lipinski definition) is 1. The molecule has 1 aromatic heterocycles. The van der Waals surface area contributed by atoms with Crippen LogP contribution in [-0.4, -0.2) is 15.0 Å². The Balaban J connectivity index is 1.93. The van der Waals surface area contributed by atoms with E-state index in [-0.39, 0.29) is 0 Å². The summed E-state index contributed by atoms with van der Waals surface area (Å²) in [6.45, 7) is 2.09. The summed E-state index contributed by atoms with van der Waals surface area (Å²) >= 11 is 1.33. The minimum Gasteiger partial charge on any atom is -0.502 e. The average molecular weight is 377 g/mol. The number of aromatic nitrogens is 1. The highest BCUT2D eigenvalue weighted by Crippen LogP contribution is 2.30. The smallest absolute Gasteiger partial charge is 0.311 e. The lowest BCUT2D eigenvalue weighted by Crippen LogP contribution is -1.89. The lowest BCUT2D eigenvalue weighted by molar-refractivity contribution is -0.385. The van der Waals surface area contributed by atoms with Gasteiger partial charge >= 0.3 is 5.69 Å². The van der Waals surface area contributed by atoms with Crippen LogP contribution in [0.25, 0.3) is 22.9 Å². The van der Waals surface area contributed by atoms with E-state index in [9.17, 15) is 20.5 Å². The Kier molecular flexibility index (Phi) is 5.29. The van der Waals surface area contributed by atoms with Crippen molar-refractivity contribution < 1.29 is 10.0 Å². The molecule has 27 heavy (non-hydrogen) atoms. The van der Waals surface area contributed by atoms with Crippen molar-refractivity contribution in [2.45, 2.75) is 13.3 Å². The number of nitrogens with zero attached hydrogens (tertiary/aromatic N) is 3. The predicted octanol–water partition coefficient (Wildman–Crippen LogP) is 5.05. The second kappa shape index (κ2) is 7.81. The molecule has 0 aliphatic rings. The van der Waals surface area contributed by atoms with E-state index in [4.69, 9.17) is 0 Å². The third kappa shape index (κ3) is 4.02. The largest absolute Gasteiger partial charge is 0.502 e. The van der Waals surface area contributed by atoms with Crippen LogP contribution in [0.4, 0.5) is 5.69 Å². The Hall–Kier alpha value is -3.50. The molecular formula is C20H15N3O3S. The maximum atomic E-state index is 11.0. The Morgan fingerprint density at radius 1 is 1.33 bits per heavy atom. The molecule has 0 aliphatic carbocycles. The van der Waals surface area contributed by atoms with Crippen LogP contribution in [0.5, 0.6) is 5.75 Å². The highest BCUT2D eigenvalue weighted by molar-refractivity contribution is 7.11. The molecule has 134 valence electrons. The van der Waals surface area contributed by atoms with Gasteiger partial charge in [0, 0.05) is 17.0 Å². The lowest BCUT2D eigenvalue weighted by atomic mass is 10.1. The summed E-state index contributed by atoms with van der Waals surface area (Å²) in [7, 11) is 0. The number of thiazole rings is 1. The fourth-order valence-electron chi connectivity index (χ4n) is 2.53. The number of phenols is 1. The van der Waals surface area contributed by atoms with Crippen LogP contribution in [0.15, 0.2) is 47.8 Å². The fourth-order valence-corrected chi connectivity index (χ4v) is 3.32. The quantitative estimate of drug-likeness (QED) is 0.381. The molecule has 3 aromatic rings. The van der Waals surface area contributed by atoms with Crippen molar-refractivity contribution in [2.24, 2.45) is 0 Å². The molecule has 1 N–H and O–H groups in total. The van der Waals surface area contributed by atoms with Gasteiger partial charge in [0.2, 0.25) is 0 Å². The number of benzene rings is 2. The first-order valence-electron chi connectivity index (χ1n) is 8.16. The monoisotopic (exact) mass is 377 g/mol. The Bertz CT molecular complexity index is 1060. The van der Waals surface area contributed by atoms with Gasteiger partial charge < -0.3 is 5.11 Å². The summed E-state index contributed by atoms with van der Waals surface area (Å²) in [4.78, 5) is 14.8. The summed E-state index contributed by atoms with van der Waals surface area (Å²) in [5.74, 6) is -0.414. The number of nitriles is 1. The third-order valence-corrected chi connectivity index (χ3v) is 4.90. The second-order valence-corrected chi connectivity index (χ2v) is 6.62. The van der Waals surface area contributed by atoms with Gasteiger partial charge in [-0.05, 0) is 29.7 Å². The summed E-state index contributed by atoms with van der Waals surface area (Å²) in [5.41, 5.74) is 3.32. The molecule has 0 unspecified atom stereocenters. The number of nitro groups is 1. The zero-order chi connectivity index (χ0) is 19.4. The number of aromatic hydroxyl groups is 1. The minimum absolute atomic E-state index is 0.302. The van der Waals surface area contributed by atoms with E-state index in [0.29, 0.717) is 16.1 Å². The van der Waals surface area contributed by atoms with E-state index < -0.39 is 16.4 Å². The molecule has 0 radical (unpaired) electrons. The van der Waals surface area contributed by atoms with Crippen molar-refractivity contribution in [3.8, 4) is 23.1 Å². The van der Waals surface area contributed by atoms with Gasteiger partial charge in [-0.1, -0.05) is 37.3 Å². The predicted molar refractivity (Wildman–Crippen MR) is 105 cm³/mol. The van der Waals surface area contributed by atoms with E-state index in [0.717, 1.165) is 17.7 Å². The van der Waals surface area contributed by atoms with Gasteiger partial charge in [0.25, 0.3) is 0 Å². The third-order valence-electron chi connectivity index (χ3n) is 4.02. The molecule has 0 bridgehead atoms. The van der Waals surface area contributed by atoms with Gasteiger partial charge in [-0.3, -0.25) is 10.1 Å². The Morgan fingerprint density at radius 2 is 2.07 bits per heavy atom. The molecule has 0 fully saturated rings. The zero-order valence-corrected chi connectivity index (χ0v) is 15.2. The molecule has 0 saturated carbocycles. The Morgan fingerprint density at radius 3 is 2.70 bits per heavy atom. The normalized spacial score (nSPS) is 11.2. The molecule has 0 spiro atoms. The number of allylic oxidation sites excluding steroid dienone is 1. The number of rotatable bonds is 5. The molecule has 0 amide bonds. The van der Waals surface area contributed by atoms with Crippen LogP contribution in [-0.2, 0) is 6.42 Å². The first-order chi connectivity index (χ1) is 13.0. The van der Waals surface area contributed by atoms with Gasteiger partial charge in [0.15, 0.2) is 5.75 Å². The van der Waals surface area contributed by atoms with Gasteiger partial charge in [0.05, 0.1) is 16.2 Å². The van der Waals surface area contributed by atoms with Crippen LogP contribution in [0.3, 0.4) is 0 Å². The lowest BCUT2D eigenvalue weighted by Gasteiger charge is -2.00. The van der Waals surface area contributed by atoms with Gasteiger partial charge in [0.1, 0.15) is 11.1 Å². The van der Waals surface area contributed by atoms with Crippen LogP contribution < -0.4 is 0 Å². The zero-order valence-electron chi connectivity index (χ0n) is 14.4. The van der Waals surface area contributed by atoms with E-state index in [1.165, 1.54) is 41.2 Å². The first kappa shape index (κ1) is 18.3. The number of hydrogen-bond acceptors (Lipinski definition) is 6. The van der Waals surface area contributed by atoms with Crippen molar-refractivity contribution in [1.82, 2.24) is 4.98 Å². The fraction of sp³-hybridized carbons (Fsp3) is 0.100. The molecule has 7 heteroatoms. The highest BCUT2D eigenvalue weighted by Gasteiger charge is 2.14. The van der Waals surface area contributed by atoms with E-state index in [2.05, 4.69) is 18.0 Å². The summed E-state index contributed by atoms with van der Waals surface area (Å²) < 4.78 is 0. The van der Waals surface area contributed by atoms with E-state index in [1.54, 1.807) is 0 Å². The molecule has 2 aromatic carbocycles. The standard InChI is InChI=1S/C20H15N3O3S/c1-2-13-3-6-15(7-4-13)17-12-27-20(22-17)16(11-21)9-14-5-8-19(24)18(10-14)23(25)26/h3-10,12,24H,2H2,1H3/b16-9+. The average Bonchev–Trinajstić information content (AvgIpc) is 3.17. The Labute approximate surface area is 159 Å². The van der Waals surface area contributed by atoms with E-state index in [1.807, 2.05) is 29.6 Å². The SMILES string of the molecule is CCc1ccc(-c2csc(/C(C#N)=C/c3ccc(O)c([N+](=O)[O-])c3)n2)cc1. The summed E-state index contributed by atoms with van der Waals surface area (Å²) in [6, 6.07) is 14.2. The molecule has 0 saturated heterocycles. The molecule has 3 rings (SSSR count). The van der Waals surface area contributed by atoms with Crippen molar-refractivity contribution in [3.05, 3.63) is 74.1 Å². The topological polar surface area (TPSA) is 100 Å². The summed E-state index contributed by atoms with van der Waals surface area (Å²) in [5, 5.41) is 32.4. The maximum Gasteiger partial charge on any atom is 0.311 e. The first-order valence-corrected chi connectivity index (χ1v) is 9.04. The van der Waals surface area contributed by atoms with Crippen LogP contribution in [0, 0.1) is 21.4 Å². The minimum atomic E-state index is -0.666. The maximum absolute atomic E-state index is 11.0. The number of aryl methyl sites for hydroxylation is 1. The highest BCUT2D eigenvalue weighted by atomic mass is 32.1. The number of nitro benzene ring substituents is 1. The van der Waals surface area contributed by atoms with Crippen LogP contribution in [0.2, 0.25) is 0 Å². The second-order valence-electron chi connectivity index (χ2n) is 5.76. The van der Waals surface area contributed by atoms with Crippen molar-refractivity contribution in [2.75, 3.05) is 0 Å². The summed E-state index contributed by atoms with van der Waals surface area (Å²) in [6.07, 6.45) is 2.48. The molecule has 6 nitrogen and oxygen atoms in total. The van der Waals surface area contributed by atoms with Crippen molar-refractivity contribution >= 4 is 28.7 Å². The molecule has 0 aliphatic heterocycles. The van der Waals surface area contributed by atoms with Crippen LogP contribution in [0.1, 0.15) is 23.1 Å². The van der Waals surface area contributed by atoms with Crippen molar-refractivity contribution in [1.29, 1.82) is 5.26 Å². The van der Waals surface area contributed by atoms with Gasteiger partial charge in [-0.25, -0.2) is 4.98 Å². The molecular weight excluding hydrogens is 362 g/mol. The van der Waals surface area contributed by atoms with E-state index >= 15 is 0 Å². The van der Waals surface area contributed by atoms with Crippen molar-refractivity contribution in [3.63, 3.8) is 0 Å².